The molecular weight excluding hydrogens is 284 g/mol. The van der Waals surface area contributed by atoms with Crippen molar-refractivity contribution in [2.45, 2.75) is 45.3 Å². The van der Waals surface area contributed by atoms with Gasteiger partial charge >= 0.3 is 0 Å². The van der Waals surface area contributed by atoms with Gasteiger partial charge < -0.3 is 10.4 Å². The lowest BCUT2D eigenvalue weighted by atomic mass is 9.59. The summed E-state index contributed by atoms with van der Waals surface area (Å²) in [5.74, 6) is -1.33. The Hall–Kier alpha value is -1.27. The van der Waals surface area contributed by atoms with Crippen LogP contribution in [0, 0.1) is 23.7 Å². The highest BCUT2D eigenvalue weighted by atomic mass is 16.3. The Balaban J connectivity index is 1.71. The van der Waals surface area contributed by atoms with Crippen LogP contribution in [0.2, 0.25) is 0 Å². The minimum atomic E-state index is -0.774. The molecule has 2 bridgehead atoms. The summed E-state index contributed by atoms with van der Waals surface area (Å²) < 4.78 is 0. The van der Waals surface area contributed by atoms with Gasteiger partial charge in [0.05, 0.1) is 24.5 Å². The number of carbonyl (C=O) groups excluding carboxylic acids is 3. The van der Waals surface area contributed by atoms with Crippen LogP contribution in [0.3, 0.4) is 0 Å². The molecule has 4 aliphatic rings. The maximum Gasteiger partial charge on any atom is 0.233 e. The summed E-state index contributed by atoms with van der Waals surface area (Å²) in [6, 6.07) is 0.232. The smallest absolute Gasteiger partial charge is 0.233 e. The van der Waals surface area contributed by atoms with Crippen LogP contribution in [0.4, 0.5) is 0 Å². The second-order valence-electron chi connectivity index (χ2n) is 7.17. The highest BCUT2D eigenvalue weighted by Gasteiger charge is 2.60. The van der Waals surface area contributed by atoms with Crippen molar-refractivity contribution in [3.63, 3.8) is 0 Å². The predicted octanol–water partition coefficient (Wildman–Crippen LogP) is -0.0545. The van der Waals surface area contributed by atoms with E-state index in [2.05, 4.69) is 5.32 Å². The van der Waals surface area contributed by atoms with Crippen molar-refractivity contribution in [1.29, 1.82) is 0 Å². The number of likely N-dealkylation sites (tertiary alicyclic amines) is 1. The second-order valence-corrected chi connectivity index (χ2v) is 7.17. The van der Waals surface area contributed by atoms with Gasteiger partial charge in [-0.3, -0.25) is 19.3 Å². The molecule has 0 aromatic heterocycles. The molecule has 1 heterocycles. The summed E-state index contributed by atoms with van der Waals surface area (Å²) in [4.78, 5) is 38.4. The zero-order chi connectivity index (χ0) is 16.0. The van der Waals surface area contributed by atoms with Gasteiger partial charge in [0.2, 0.25) is 11.8 Å². The topological polar surface area (TPSA) is 86.7 Å². The normalized spacial score (nSPS) is 35.5. The van der Waals surface area contributed by atoms with Crippen LogP contribution in [0.15, 0.2) is 0 Å². The van der Waals surface area contributed by atoms with Crippen molar-refractivity contribution in [3.8, 4) is 0 Å². The molecule has 6 heteroatoms. The summed E-state index contributed by atoms with van der Waals surface area (Å²) in [5.41, 5.74) is 0. The number of ketones is 1. The highest BCUT2D eigenvalue weighted by Crippen LogP contribution is 2.51. The van der Waals surface area contributed by atoms with Crippen molar-refractivity contribution < 1.29 is 19.5 Å². The lowest BCUT2D eigenvalue weighted by Crippen LogP contribution is -2.46. The Morgan fingerprint density at radius 1 is 1.18 bits per heavy atom. The number of fused-ring (bicyclic) bond motifs is 2. The number of amides is 2. The summed E-state index contributed by atoms with van der Waals surface area (Å²) in [6.45, 7) is 4.31. The SMILES string of the molecule is CC(C)NCC(O)CN1C(=O)C2C3CCC(C(=O)C3)C2C1=O. The van der Waals surface area contributed by atoms with Gasteiger partial charge in [0.1, 0.15) is 5.78 Å². The summed E-state index contributed by atoms with van der Waals surface area (Å²) >= 11 is 0. The summed E-state index contributed by atoms with van der Waals surface area (Å²) in [7, 11) is 0. The molecule has 0 spiro atoms. The largest absolute Gasteiger partial charge is 0.390 e. The predicted molar refractivity (Wildman–Crippen MR) is 78.7 cm³/mol. The van der Waals surface area contributed by atoms with E-state index in [1.807, 2.05) is 13.8 Å². The lowest BCUT2D eigenvalue weighted by molar-refractivity contribution is -0.144. The van der Waals surface area contributed by atoms with Crippen LogP contribution in [-0.2, 0) is 14.4 Å². The van der Waals surface area contributed by atoms with Gasteiger partial charge in [-0.05, 0) is 18.8 Å². The van der Waals surface area contributed by atoms with E-state index in [-0.39, 0.29) is 47.9 Å². The number of nitrogens with one attached hydrogen (secondary N) is 1. The fraction of sp³-hybridized carbons (Fsp3) is 0.812. The van der Waals surface area contributed by atoms with E-state index in [4.69, 9.17) is 0 Å². The molecule has 3 aliphatic carbocycles. The molecule has 4 fully saturated rings. The summed E-state index contributed by atoms with van der Waals surface area (Å²) in [6.07, 6.45) is 1.26. The molecule has 2 amide bonds. The molecular formula is C16H24N2O4. The molecule has 5 unspecified atom stereocenters. The lowest BCUT2D eigenvalue weighted by Gasteiger charge is -2.41. The van der Waals surface area contributed by atoms with Crippen LogP contribution < -0.4 is 5.32 Å². The number of hydrogen-bond donors (Lipinski definition) is 2. The Morgan fingerprint density at radius 2 is 1.86 bits per heavy atom. The fourth-order valence-corrected chi connectivity index (χ4v) is 4.27. The third-order valence-electron chi connectivity index (χ3n) is 5.31. The summed E-state index contributed by atoms with van der Waals surface area (Å²) in [5, 5.41) is 13.1. The van der Waals surface area contributed by atoms with Crippen molar-refractivity contribution >= 4 is 17.6 Å². The van der Waals surface area contributed by atoms with Crippen LogP contribution in [0.5, 0.6) is 0 Å². The maximum atomic E-state index is 12.6. The first-order valence-corrected chi connectivity index (χ1v) is 8.19. The molecule has 0 aromatic carbocycles. The van der Waals surface area contributed by atoms with E-state index in [0.717, 1.165) is 12.8 Å². The fourth-order valence-electron chi connectivity index (χ4n) is 4.27. The van der Waals surface area contributed by atoms with Gasteiger partial charge in [0, 0.05) is 24.9 Å². The molecule has 2 N–H and O–H groups in total. The van der Waals surface area contributed by atoms with Gasteiger partial charge in [-0.2, -0.15) is 0 Å². The van der Waals surface area contributed by atoms with Crippen molar-refractivity contribution in [2.24, 2.45) is 23.7 Å². The van der Waals surface area contributed by atoms with E-state index < -0.39 is 12.0 Å². The number of hydrogen-bond acceptors (Lipinski definition) is 5. The average molecular weight is 308 g/mol. The number of imide groups is 1. The van der Waals surface area contributed by atoms with Gasteiger partial charge in [-0.1, -0.05) is 13.8 Å². The number of carbonyl (C=O) groups is 3. The van der Waals surface area contributed by atoms with E-state index in [1.54, 1.807) is 0 Å². The molecule has 3 saturated carbocycles. The number of nitrogens with zero attached hydrogens (tertiary/aromatic N) is 1. The first kappa shape index (κ1) is 15.6. The standard InChI is InChI=1S/C16H24N2O4/c1-8(2)17-6-10(19)7-18-15(21)13-9-3-4-11(12(20)5-9)14(13)16(18)22/h8-11,13-14,17,19H,3-7H2,1-2H3. The molecule has 6 nitrogen and oxygen atoms in total. The van der Waals surface area contributed by atoms with Crippen LogP contribution in [0.25, 0.3) is 0 Å². The van der Waals surface area contributed by atoms with Gasteiger partial charge in [-0.15, -0.1) is 0 Å². The highest BCUT2D eigenvalue weighted by molar-refractivity contribution is 6.08. The Kier molecular flexibility index (Phi) is 4.07. The zero-order valence-corrected chi connectivity index (χ0v) is 13.1. The minimum Gasteiger partial charge on any atom is -0.390 e. The molecule has 0 aromatic rings. The number of aliphatic hydroxyl groups is 1. The molecule has 1 aliphatic heterocycles. The molecule has 5 atom stereocenters. The number of rotatable bonds is 5. The maximum absolute atomic E-state index is 12.6. The van der Waals surface area contributed by atoms with E-state index in [0.29, 0.717) is 13.0 Å². The van der Waals surface area contributed by atoms with E-state index >= 15 is 0 Å². The van der Waals surface area contributed by atoms with Gasteiger partial charge in [0.15, 0.2) is 0 Å². The quantitative estimate of drug-likeness (QED) is 0.695. The Bertz CT molecular complexity index is 504. The van der Waals surface area contributed by atoms with Crippen molar-refractivity contribution in [2.75, 3.05) is 13.1 Å². The second kappa shape index (κ2) is 5.74. The van der Waals surface area contributed by atoms with E-state index in [9.17, 15) is 19.5 Å². The van der Waals surface area contributed by atoms with Crippen LogP contribution >= 0.6 is 0 Å². The minimum absolute atomic E-state index is 0.0230. The zero-order valence-electron chi connectivity index (χ0n) is 13.1. The molecule has 0 radical (unpaired) electrons. The van der Waals surface area contributed by atoms with Crippen molar-refractivity contribution in [3.05, 3.63) is 0 Å². The Morgan fingerprint density at radius 3 is 2.50 bits per heavy atom. The number of aliphatic hydroxyl groups excluding tert-OH is 1. The molecule has 4 rings (SSSR count). The third-order valence-corrected chi connectivity index (χ3v) is 5.31. The van der Waals surface area contributed by atoms with Crippen molar-refractivity contribution in [1.82, 2.24) is 10.2 Å². The van der Waals surface area contributed by atoms with E-state index in [1.165, 1.54) is 4.90 Å². The molecule has 122 valence electrons. The van der Waals surface area contributed by atoms with Gasteiger partial charge in [0.25, 0.3) is 0 Å². The first-order chi connectivity index (χ1) is 10.4. The molecule has 1 saturated heterocycles. The van der Waals surface area contributed by atoms with Gasteiger partial charge in [-0.25, -0.2) is 0 Å². The van der Waals surface area contributed by atoms with Crippen LogP contribution in [0.1, 0.15) is 33.1 Å². The number of Topliss-reactive ketones (excluding diaryl/α,β-unsaturated/α-hetero) is 1. The van der Waals surface area contributed by atoms with Crippen LogP contribution in [-0.4, -0.2) is 52.8 Å². The average Bonchev–Trinajstić information content (AvgIpc) is 2.72. The first-order valence-electron chi connectivity index (χ1n) is 8.19. The number of β-amino-alcohol motifs (C(OH)–C–C–N with tert-alkyl or cyclic N) is 1. The monoisotopic (exact) mass is 308 g/mol. The Labute approximate surface area is 130 Å². The third kappa shape index (κ3) is 2.48. The molecule has 22 heavy (non-hydrogen) atoms.